The molecular formula is C14H25NO2. The van der Waals surface area contributed by atoms with E-state index in [9.17, 15) is 9.90 Å². The second-order valence-corrected chi connectivity index (χ2v) is 6.29. The topological polar surface area (TPSA) is 40.5 Å². The van der Waals surface area contributed by atoms with Gasteiger partial charge in [-0.2, -0.15) is 0 Å². The van der Waals surface area contributed by atoms with E-state index >= 15 is 0 Å². The van der Waals surface area contributed by atoms with E-state index in [4.69, 9.17) is 0 Å². The lowest BCUT2D eigenvalue weighted by molar-refractivity contribution is -0.154. The quantitative estimate of drug-likeness (QED) is 0.820. The number of nitrogens with zero attached hydrogens (tertiary/aromatic N) is 1. The fourth-order valence-electron chi connectivity index (χ4n) is 3.50. The summed E-state index contributed by atoms with van der Waals surface area (Å²) < 4.78 is 0. The summed E-state index contributed by atoms with van der Waals surface area (Å²) in [5, 5.41) is 9.60. The third kappa shape index (κ3) is 2.65. The molecule has 2 rings (SSSR count). The van der Waals surface area contributed by atoms with Gasteiger partial charge in [0.1, 0.15) is 0 Å². The Hall–Kier alpha value is -0.570. The van der Waals surface area contributed by atoms with E-state index in [1.165, 1.54) is 25.7 Å². The number of carbonyl (C=O) groups is 1. The van der Waals surface area contributed by atoms with Crippen molar-refractivity contribution < 1.29 is 9.90 Å². The zero-order valence-corrected chi connectivity index (χ0v) is 11.1. The Bertz CT molecular complexity index is 288. The summed E-state index contributed by atoms with van der Waals surface area (Å²) in [5.41, 5.74) is -0.470. The first-order valence-electron chi connectivity index (χ1n) is 6.97. The van der Waals surface area contributed by atoms with Gasteiger partial charge in [-0.15, -0.1) is 0 Å². The highest BCUT2D eigenvalue weighted by Gasteiger charge is 2.43. The zero-order chi connectivity index (χ0) is 12.5. The maximum absolute atomic E-state index is 11.7. The van der Waals surface area contributed by atoms with Crippen LogP contribution in [0.4, 0.5) is 0 Å². The molecule has 0 radical (unpaired) electrons. The maximum Gasteiger partial charge on any atom is 0.310 e. The van der Waals surface area contributed by atoms with E-state index < -0.39 is 11.4 Å². The molecule has 1 N–H and O–H groups in total. The van der Waals surface area contributed by atoms with Crippen molar-refractivity contribution in [2.24, 2.45) is 11.3 Å². The Labute approximate surface area is 104 Å². The van der Waals surface area contributed by atoms with Crippen molar-refractivity contribution in [1.82, 2.24) is 4.90 Å². The van der Waals surface area contributed by atoms with E-state index in [1.807, 2.05) is 0 Å². The summed E-state index contributed by atoms with van der Waals surface area (Å²) in [7, 11) is 2.10. The number of hydrogen-bond acceptors (Lipinski definition) is 2. The van der Waals surface area contributed by atoms with Crippen LogP contribution in [0, 0.1) is 11.3 Å². The van der Waals surface area contributed by atoms with Crippen LogP contribution in [0.15, 0.2) is 0 Å². The van der Waals surface area contributed by atoms with Crippen LogP contribution in [0.3, 0.4) is 0 Å². The standard InChI is InChI=1S/C14H25NO2/c1-11-5-4-8-14(9-11,13(16)17)10-15(2)12-6-3-7-12/h11-12H,3-10H2,1-2H3,(H,16,17). The van der Waals surface area contributed by atoms with Crippen LogP contribution < -0.4 is 0 Å². The van der Waals surface area contributed by atoms with Gasteiger partial charge in [-0.05, 0) is 38.6 Å². The summed E-state index contributed by atoms with van der Waals surface area (Å²) in [6.45, 7) is 2.94. The Morgan fingerprint density at radius 2 is 2.06 bits per heavy atom. The highest BCUT2D eigenvalue weighted by molar-refractivity contribution is 5.75. The van der Waals surface area contributed by atoms with Gasteiger partial charge in [-0.3, -0.25) is 4.79 Å². The predicted molar refractivity (Wildman–Crippen MR) is 68.0 cm³/mol. The van der Waals surface area contributed by atoms with E-state index in [-0.39, 0.29) is 0 Å². The van der Waals surface area contributed by atoms with E-state index in [0.29, 0.717) is 12.0 Å². The largest absolute Gasteiger partial charge is 0.481 e. The van der Waals surface area contributed by atoms with Gasteiger partial charge in [-0.1, -0.05) is 26.2 Å². The Kier molecular flexibility index (Phi) is 3.76. The molecule has 2 fully saturated rings. The van der Waals surface area contributed by atoms with Crippen molar-refractivity contribution in [3.8, 4) is 0 Å². The number of carboxylic acid groups (broad SMARTS) is 1. The molecule has 2 saturated carbocycles. The van der Waals surface area contributed by atoms with Crippen LogP contribution in [0.5, 0.6) is 0 Å². The molecule has 0 aliphatic heterocycles. The van der Waals surface area contributed by atoms with Crippen LogP contribution >= 0.6 is 0 Å². The van der Waals surface area contributed by atoms with Crippen molar-refractivity contribution in [3.63, 3.8) is 0 Å². The van der Waals surface area contributed by atoms with Crippen molar-refractivity contribution in [2.75, 3.05) is 13.6 Å². The molecule has 0 bridgehead atoms. The minimum Gasteiger partial charge on any atom is -0.481 e. The smallest absolute Gasteiger partial charge is 0.310 e. The molecule has 0 aromatic heterocycles. The predicted octanol–water partition coefficient (Wildman–Crippen LogP) is 2.75. The third-order valence-electron chi connectivity index (χ3n) is 4.80. The van der Waals surface area contributed by atoms with Crippen LogP contribution in [-0.2, 0) is 4.79 Å². The van der Waals surface area contributed by atoms with Gasteiger partial charge in [0, 0.05) is 12.6 Å². The minimum absolute atomic E-state index is 0.470. The van der Waals surface area contributed by atoms with Crippen molar-refractivity contribution in [1.29, 1.82) is 0 Å². The molecule has 0 saturated heterocycles. The average molecular weight is 239 g/mol. The number of hydrogen-bond donors (Lipinski definition) is 1. The summed E-state index contributed by atoms with van der Waals surface area (Å²) in [6.07, 6.45) is 7.81. The second-order valence-electron chi connectivity index (χ2n) is 6.29. The van der Waals surface area contributed by atoms with Gasteiger partial charge < -0.3 is 10.0 Å². The molecular weight excluding hydrogens is 214 g/mol. The van der Waals surface area contributed by atoms with Crippen LogP contribution in [0.1, 0.15) is 51.9 Å². The number of aliphatic carboxylic acids is 1. The summed E-state index contributed by atoms with van der Waals surface area (Å²) in [4.78, 5) is 14.0. The Balaban J connectivity index is 2.02. The molecule has 0 aromatic rings. The molecule has 98 valence electrons. The third-order valence-corrected chi connectivity index (χ3v) is 4.80. The lowest BCUT2D eigenvalue weighted by Gasteiger charge is -2.43. The van der Waals surface area contributed by atoms with Gasteiger partial charge in [0.2, 0.25) is 0 Å². The monoisotopic (exact) mass is 239 g/mol. The Morgan fingerprint density at radius 1 is 1.35 bits per heavy atom. The first-order chi connectivity index (χ1) is 8.03. The molecule has 17 heavy (non-hydrogen) atoms. The molecule has 2 aliphatic carbocycles. The van der Waals surface area contributed by atoms with Crippen molar-refractivity contribution in [2.45, 2.75) is 57.9 Å². The van der Waals surface area contributed by atoms with Gasteiger partial charge >= 0.3 is 5.97 Å². The molecule has 0 heterocycles. The van der Waals surface area contributed by atoms with E-state index in [2.05, 4.69) is 18.9 Å². The van der Waals surface area contributed by atoms with Crippen molar-refractivity contribution in [3.05, 3.63) is 0 Å². The fourth-order valence-corrected chi connectivity index (χ4v) is 3.50. The van der Waals surface area contributed by atoms with E-state index in [1.54, 1.807) is 0 Å². The van der Waals surface area contributed by atoms with Crippen LogP contribution in [0.2, 0.25) is 0 Å². The molecule has 2 unspecified atom stereocenters. The summed E-state index contributed by atoms with van der Waals surface area (Å²) in [6, 6.07) is 0.642. The number of carboxylic acids is 1. The second kappa shape index (κ2) is 4.97. The highest BCUT2D eigenvalue weighted by atomic mass is 16.4. The molecule has 0 aromatic carbocycles. The maximum atomic E-state index is 11.7. The highest BCUT2D eigenvalue weighted by Crippen LogP contribution is 2.41. The summed E-state index contributed by atoms with van der Waals surface area (Å²) >= 11 is 0. The van der Waals surface area contributed by atoms with E-state index in [0.717, 1.165) is 25.8 Å². The van der Waals surface area contributed by atoms with Gasteiger partial charge in [0.05, 0.1) is 5.41 Å². The van der Waals surface area contributed by atoms with Gasteiger partial charge in [0.15, 0.2) is 0 Å². The zero-order valence-electron chi connectivity index (χ0n) is 11.1. The van der Waals surface area contributed by atoms with Gasteiger partial charge in [-0.25, -0.2) is 0 Å². The van der Waals surface area contributed by atoms with Gasteiger partial charge in [0.25, 0.3) is 0 Å². The lowest BCUT2D eigenvalue weighted by Crippen LogP contribution is -2.49. The first kappa shape index (κ1) is 12.9. The molecule has 0 amide bonds. The fraction of sp³-hybridized carbons (Fsp3) is 0.929. The molecule has 0 spiro atoms. The SMILES string of the molecule is CC1CCCC(CN(C)C2CCC2)(C(=O)O)C1. The summed E-state index contributed by atoms with van der Waals surface area (Å²) in [5.74, 6) is -0.00939. The molecule has 3 heteroatoms. The Morgan fingerprint density at radius 3 is 2.53 bits per heavy atom. The lowest BCUT2D eigenvalue weighted by atomic mass is 9.69. The average Bonchev–Trinajstić information content (AvgIpc) is 2.13. The normalized spacial score (nSPS) is 34.6. The van der Waals surface area contributed by atoms with Crippen LogP contribution in [-0.4, -0.2) is 35.6 Å². The number of rotatable bonds is 4. The minimum atomic E-state index is -0.574. The molecule has 2 aliphatic rings. The van der Waals surface area contributed by atoms with Crippen LogP contribution in [0.25, 0.3) is 0 Å². The van der Waals surface area contributed by atoms with Crippen molar-refractivity contribution >= 4 is 5.97 Å². The molecule has 3 nitrogen and oxygen atoms in total. The molecule has 2 atom stereocenters. The first-order valence-corrected chi connectivity index (χ1v) is 6.97.